The first kappa shape index (κ1) is 18.3. The van der Waals surface area contributed by atoms with E-state index in [-0.39, 0.29) is 23.9 Å². The number of benzene rings is 1. The molecule has 24 heavy (non-hydrogen) atoms. The number of piperazine rings is 1. The van der Waals surface area contributed by atoms with Gasteiger partial charge < -0.3 is 15.0 Å². The van der Waals surface area contributed by atoms with E-state index in [9.17, 15) is 9.59 Å². The summed E-state index contributed by atoms with van der Waals surface area (Å²) in [7, 11) is 1.63. The van der Waals surface area contributed by atoms with E-state index in [4.69, 9.17) is 4.74 Å². The zero-order valence-corrected chi connectivity index (χ0v) is 14.7. The number of amides is 2. The third-order valence-corrected chi connectivity index (χ3v) is 4.31. The summed E-state index contributed by atoms with van der Waals surface area (Å²) in [6.07, 6.45) is 0.317. The summed E-state index contributed by atoms with van der Waals surface area (Å²) in [6.45, 7) is 6.28. The Morgan fingerprint density at radius 3 is 2.58 bits per heavy atom. The fourth-order valence-electron chi connectivity index (χ4n) is 2.97. The molecule has 1 fully saturated rings. The van der Waals surface area contributed by atoms with Gasteiger partial charge in [-0.25, -0.2) is 0 Å². The highest BCUT2D eigenvalue weighted by Crippen LogP contribution is 2.15. The van der Waals surface area contributed by atoms with Gasteiger partial charge in [0.25, 0.3) is 0 Å². The summed E-state index contributed by atoms with van der Waals surface area (Å²) >= 11 is 0. The molecule has 1 N–H and O–H groups in total. The molecule has 6 heteroatoms. The van der Waals surface area contributed by atoms with E-state index in [0.29, 0.717) is 32.7 Å². The predicted molar refractivity (Wildman–Crippen MR) is 92.8 cm³/mol. The average Bonchev–Trinajstić information content (AvgIpc) is 2.61. The third-order valence-electron chi connectivity index (χ3n) is 4.31. The van der Waals surface area contributed by atoms with E-state index >= 15 is 0 Å². The van der Waals surface area contributed by atoms with E-state index in [2.05, 4.69) is 24.1 Å². The Kier molecular flexibility index (Phi) is 6.61. The highest BCUT2D eigenvalue weighted by molar-refractivity contribution is 5.83. The minimum atomic E-state index is -0.289. The van der Waals surface area contributed by atoms with Crippen LogP contribution in [0, 0.1) is 0 Å². The van der Waals surface area contributed by atoms with Crippen LogP contribution in [-0.2, 0) is 9.59 Å². The summed E-state index contributed by atoms with van der Waals surface area (Å²) in [5.41, 5.74) is 0. The maximum atomic E-state index is 12.4. The second-order valence-electron chi connectivity index (χ2n) is 6.21. The van der Waals surface area contributed by atoms with Crippen molar-refractivity contribution in [2.24, 2.45) is 0 Å². The Labute approximate surface area is 143 Å². The molecule has 1 aliphatic rings. The molecule has 6 nitrogen and oxygen atoms in total. The first-order chi connectivity index (χ1) is 11.5. The van der Waals surface area contributed by atoms with Crippen molar-refractivity contribution in [3.05, 3.63) is 30.3 Å². The van der Waals surface area contributed by atoms with Crippen LogP contribution >= 0.6 is 0 Å². The molecule has 1 atom stereocenters. The molecule has 1 aliphatic heterocycles. The molecule has 0 bridgehead atoms. The number of nitrogens with one attached hydrogen (secondary N) is 1. The van der Waals surface area contributed by atoms with Gasteiger partial charge in [-0.3, -0.25) is 14.5 Å². The lowest BCUT2D eigenvalue weighted by atomic mass is 10.1. The van der Waals surface area contributed by atoms with E-state index < -0.39 is 0 Å². The second-order valence-corrected chi connectivity index (χ2v) is 6.21. The average molecular weight is 333 g/mol. The largest absolute Gasteiger partial charge is 0.493 e. The van der Waals surface area contributed by atoms with Gasteiger partial charge in [0.1, 0.15) is 11.8 Å². The smallest absolute Gasteiger partial charge is 0.238 e. The second kappa shape index (κ2) is 8.68. The van der Waals surface area contributed by atoms with Crippen LogP contribution < -0.4 is 10.1 Å². The molecule has 0 aromatic heterocycles. The summed E-state index contributed by atoms with van der Waals surface area (Å²) in [5.74, 6) is 0.753. The third kappa shape index (κ3) is 4.71. The van der Waals surface area contributed by atoms with E-state index in [1.807, 2.05) is 30.3 Å². The molecule has 0 aliphatic carbocycles. The topological polar surface area (TPSA) is 61.9 Å². The standard InChI is InChI=1S/C18H27N3O3/c1-14(2)21-11-10-20(13-16(21)18(23)19-3)17(22)9-12-24-15-7-5-4-6-8-15/h4-8,14,16H,9-13H2,1-3H3,(H,19,23). The van der Waals surface area contributed by atoms with Crippen LogP contribution in [0.2, 0.25) is 0 Å². The van der Waals surface area contributed by atoms with Crippen molar-refractivity contribution in [3.63, 3.8) is 0 Å². The number of ether oxygens (including phenoxy) is 1. The van der Waals surface area contributed by atoms with Crippen molar-refractivity contribution in [2.45, 2.75) is 32.4 Å². The van der Waals surface area contributed by atoms with Gasteiger partial charge in [0, 0.05) is 32.7 Å². The summed E-state index contributed by atoms with van der Waals surface area (Å²) in [5, 5.41) is 2.70. The van der Waals surface area contributed by atoms with E-state index in [1.54, 1.807) is 11.9 Å². The summed E-state index contributed by atoms with van der Waals surface area (Å²) in [4.78, 5) is 28.5. The quantitative estimate of drug-likeness (QED) is 0.847. The van der Waals surface area contributed by atoms with Crippen molar-refractivity contribution in [2.75, 3.05) is 33.3 Å². The molecule has 132 valence electrons. The lowest BCUT2D eigenvalue weighted by Crippen LogP contribution is -2.61. The monoisotopic (exact) mass is 333 g/mol. The van der Waals surface area contributed by atoms with Crippen molar-refractivity contribution in [3.8, 4) is 5.75 Å². The Balaban J connectivity index is 1.87. The van der Waals surface area contributed by atoms with Gasteiger partial charge in [-0.15, -0.1) is 0 Å². The lowest BCUT2D eigenvalue weighted by Gasteiger charge is -2.42. The molecule has 2 amide bonds. The number of carbonyl (C=O) groups excluding carboxylic acids is 2. The van der Waals surface area contributed by atoms with Gasteiger partial charge in [-0.1, -0.05) is 18.2 Å². The van der Waals surface area contributed by atoms with Gasteiger partial charge in [0.05, 0.1) is 13.0 Å². The van der Waals surface area contributed by atoms with Gasteiger partial charge in [-0.2, -0.15) is 0 Å². The van der Waals surface area contributed by atoms with Crippen molar-refractivity contribution >= 4 is 11.8 Å². The normalized spacial score (nSPS) is 18.5. The van der Waals surface area contributed by atoms with Crippen LogP contribution in [0.15, 0.2) is 30.3 Å². The molecular formula is C18H27N3O3. The number of rotatable bonds is 6. The van der Waals surface area contributed by atoms with Crippen LogP contribution in [-0.4, -0.2) is 67.0 Å². The first-order valence-corrected chi connectivity index (χ1v) is 8.46. The Hall–Kier alpha value is -2.08. The van der Waals surface area contributed by atoms with Crippen molar-refractivity contribution in [1.82, 2.24) is 15.1 Å². The van der Waals surface area contributed by atoms with E-state index in [0.717, 1.165) is 5.75 Å². The van der Waals surface area contributed by atoms with Gasteiger partial charge >= 0.3 is 0 Å². The van der Waals surface area contributed by atoms with Gasteiger partial charge in [0.15, 0.2) is 0 Å². The number of carbonyl (C=O) groups is 2. The molecule has 2 rings (SSSR count). The van der Waals surface area contributed by atoms with Crippen molar-refractivity contribution in [1.29, 1.82) is 0 Å². The van der Waals surface area contributed by atoms with Crippen LogP contribution in [0.3, 0.4) is 0 Å². The Bertz CT molecular complexity index is 548. The predicted octanol–water partition coefficient (Wildman–Crippen LogP) is 1.12. The zero-order valence-electron chi connectivity index (χ0n) is 14.7. The molecule has 1 aromatic carbocycles. The molecule has 1 heterocycles. The van der Waals surface area contributed by atoms with Crippen LogP contribution in [0.1, 0.15) is 20.3 Å². The lowest BCUT2D eigenvalue weighted by molar-refractivity contribution is -0.139. The highest BCUT2D eigenvalue weighted by Gasteiger charge is 2.34. The molecule has 0 radical (unpaired) electrons. The number of likely N-dealkylation sites (N-methyl/N-ethyl adjacent to an activating group) is 1. The molecule has 0 saturated carbocycles. The zero-order chi connectivity index (χ0) is 17.5. The van der Waals surface area contributed by atoms with Gasteiger partial charge in [-0.05, 0) is 26.0 Å². The van der Waals surface area contributed by atoms with E-state index in [1.165, 1.54) is 0 Å². The first-order valence-electron chi connectivity index (χ1n) is 8.46. The number of hydrogen-bond donors (Lipinski definition) is 1. The van der Waals surface area contributed by atoms with Gasteiger partial charge in [0.2, 0.25) is 11.8 Å². The minimum absolute atomic E-state index is 0.0308. The Morgan fingerprint density at radius 1 is 1.25 bits per heavy atom. The molecular weight excluding hydrogens is 306 g/mol. The van der Waals surface area contributed by atoms with Crippen LogP contribution in [0.4, 0.5) is 0 Å². The Morgan fingerprint density at radius 2 is 1.96 bits per heavy atom. The fraction of sp³-hybridized carbons (Fsp3) is 0.556. The number of nitrogens with zero attached hydrogens (tertiary/aromatic N) is 2. The molecule has 0 spiro atoms. The minimum Gasteiger partial charge on any atom is -0.493 e. The maximum absolute atomic E-state index is 12.4. The van der Waals surface area contributed by atoms with Crippen molar-refractivity contribution < 1.29 is 14.3 Å². The number of hydrogen-bond acceptors (Lipinski definition) is 4. The molecule has 1 saturated heterocycles. The highest BCUT2D eigenvalue weighted by atomic mass is 16.5. The SMILES string of the molecule is CNC(=O)C1CN(C(=O)CCOc2ccccc2)CCN1C(C)C. The number of para-hydroxylation sites is 1. The van der Waals surface area contributed by atoms with Crippen LogP contribution in [0.25, 0.3) is 0 Å². The van der Waals surface area contributed by atoms with Crippen LogP contribution in [0.5, 0.6) is 5.75 Å². The maximum Gasteiger partial charge on any atom is 0.238 e. The summed E-state index contributed by atoms with van der Waals surface area (Å²) < 4.78 is 5.59. The molecule has 1 aromatic rings. The summed E-state index contributed by atoms with van der Waals surface area (Å²) in [6, 6.07) is 9.44. The molecule has 1 unspecified atom stereocenters. The fourth-order valence-corrected chi connectivity index (χ4v) is 2.97.